The Labute approximate surface area is 142 Å². The highest BCUT2D eigenvalue weighted by molar-refractivity contribution is 5.43. The quantitative estimate of drug-likeness (QED) is 0.845. The fourth-order valence-corrected chi connectivity index (χ4v) is 4.21. The molecule has 0 unspecified atom stereocenters. The molecule has 2 aromatic rings. The van der Waals surface area contributed by atoms with E-state index in [1.807, 2.05) is 12.3 Å². The maximum absolute atomic E-state index is 5.52. The zero-order chi connectivity index (χ0) is 16.4. The van der Waals surface area contributed by atoms with Crippen molar-refractivity contribution in [2.45, 2.75) is 44.7 Å². The first-order valence-corrected chi connectivity index (χ1v) is 8.89. The lowest BCUT2D eigenvalue weighted by molar-refractivity contribution is 0.174. The van der Waals surface area contributed by atoms with Crippen LogP contribution in [-0.4, -0.2) is 40.0 Å². The number of fused-ring (bicyclic) bond motifs is 1. The molecule has 0 saturated heterocycles. The van der Waals surface area contributed by atoms with Gasteiger partial charge in [-0.15, -0.1) is 0 Å². The van der Waals surface area contributed by atoms with E-state index in [4.69, 9.17) is 9.84 Å². The van der Waals surface area contributed by atoms with Crippen molar-refractivity contribution in [3.05, 3.63) is 36.0 Å². The molecule has 24 heavy (non-hydrogen) atoms. The molecule has 128 valence electrons. The number of hydrogen-bond donors (Lipinski definition) is 0. The SMILES string of the molecule is COC[C@H]1CN(c2ccncn2)Cc2cnn(CC3CCCC3)c21. The minimum atomic E-state index is 0.331. The molecular weight excluding hydrogens is 302 g/mol. The highest BCUT2D eigenvalue weighted by atomic mass is 16.5. The zero-order valence-electron chi connectivity index (χ0n) is 14.3. The lowest BCUT2D eigenvalue weighted by Gasteiger charge is -2.34. The summed E-state index contributed by atoms with van der Waals surface area (Å²) in [5.41, 5.74) is 2.67. The molecule has 1 atom stereocenters. The van der Waals surface area contributed by atoms with Crippen LogP contribution in [0.2, 0.25) is 0 Å². The summed E-state index contributed by atoms with van der Waals surface area (Å²) in [5, 5.41) is 4.72. The van der Waals surface area contributed by atoms with Crippen LogP contribution in [0.5, 0.6) is 0 Å². The van der Waals surface area contributed by atoms with Gasteiger partial charge in [0, 0.05) is 44.4 Å². The van der Waals surface area contributed by atoms with E-state index in [2.05, 4.69) is 19.5 Å². The molecule has 0 radical (unpaired) electrons. The number of nitrogens with zero attached hydrogens (tertiary/aromatic N) is 5. The van der Waals surface area contributed by atoms with E-state index in [0.717, 1.165) is 31.4 Å². The van der Waals surface area contributed by atoms with Crippen LogP contribution in [0.4, 0.5) is 5.82 Å². The summed E-state index contributed by atoms with van der Waals surface area (Å²) in [5.74, 6) is 2.09. The average Bonchev–Trinajstić information content (AvgIpc) is 3.27. The molecule has 1 aliphatic heterocycles. The molecule has 0 amide bonds. The van der Waals surface area contributed by atoms with Crippen molar-refractivity contribution in [3.63, 3.8) is 0 Å². The summed E-state index contributed by atoms with van der Waals surface area (Å²) >= 11 is 0. The van der Waals surface area contributed by atoms with Crippen LogP contribution < -0.4 is 4.90 Å². The van der Waals surface area contributed by atoms with Gasteiger partial charge in [-0.05, 0) is 24.8 Å². The second-order valence-electron chi connectivity index (χ2n) is 6.99. The van der Waals surface area contributed by atoms with E-state index in [1.54, 1.807) is 19.6 Å². The first-order chi connectivity index (χ1) is 11.8. The van der Waals surface area contributed by atoms with Gasteiger partial charge >= 0.3 is 0 Å². The number of hydrogen-bond acceptors (Lipinski definition) is 5. The van der Waals surface area contributed by atoms with Crippen molar-refractivity contribution in [2.24, 2.45) is 5.92 Å². The molecule has 2 aliphatic rings. The fourth-order valence-electron chi connectivity index (χ4n) is 4.21. The Morgan fingerprint density at radius 1 is 1.29 bits per heavy atom. The van der Waals surface area contributed by atoms with E-state index in [0.29, 0.717) is 12.5 Å². The average molecular weight is 327 g/mol. The molecule has 3 heterocycles. The molecule has 0 aromatic carbocycles. The van der Waals surface area contributed by atoms with E-state index in [1.165, 1.54) is 36.9 Å². The van der Waals surface area contributed by atoms with E-state index < -0.39 is 0 Å². The van der Waals surface area contributed by atoms with Gasteiger partial charge in [-0.2, -0.15) is 5.10 Å². The molecule has 1 aliphatic carbocycles. The van der Waals surface area contributed by atoms with Crippen molar-refractivity contribution in [1.29, 1.82) is 0 Å². The van der Waals surface area contributed by atoms with Gasteiger partial charge in [-0.25, -0.2) is 9.97 Å². The molecule has 6 heteroatoms. The first kappa shape index (κ1) is 15.6. The molecule has 1 fully saturated rings. The van der Waals surface area contributed by atoms with Crippen LogP contribution in [0.1, 0.15) is 42.9 Å². The van der Waals surface area contributed by atoms with Crippen LogP contribution in [-0.2, 0) is 17.8 Å². The van der Waals surface area contributed by atoms with Gasteiger partial charge in [-0.1, -0.05) is 12.8 Å². The summed E-state index contributed by atoms with van der Waals surface area (Å²) in [4.78, 5) is 10.7. The molecule has 2 aromatic heterocycles. The Morgan fingerprint density at radius 3 is 2.92 bits per heavy atom. The first-order valence-electron chi connectivity index (χ1n) is 8.89. The van der Waals surface area contributed by atoms with Crippen molar-refractivity contribution < 1.29 is 4.74 Å². The van der Waals surface area contributed by atoms with Gasteiger partial charge < -0.3 is 9.64 Å². The summed E-state index contributed by atoms with van der Waals surface area (Å²) in [6, 6.07) is 1.97. The highest BCUT2D eigenvalue weighted by Crippen LogP contribution is 2.33. The van der Waals surface area contributed by atoms with E-state index >= 15 is 0 Å². The molecule has 1 saturated carbocycles. The Balaban J connectivity index is 1.60. The molecule has 6 nitrogen and oxygen atoms in total. The number of anilines is 1. The van der Waals surface area contributed by atoms with Gasteiger partial charge in [0.25, 0.3) is 0 Å². The summed E-state index contributed by atoms with van der Waals surface area (Å²) < 4.78 is 7.77. The number of methoxy groups -OCH3 is 1. The zero-order valence-corrected chi connectivity index (χ0v) is 14.3. The van der Waals surface area contributed by atoms with Gasteiger partial charge in [0.05, 0.1) is 18.5 Å². The van der Waals surface area contributed by atoms with Crippen LogP contribution in [0.3, 0.4) is 0 Å². The van der Waals surface area contributed by atoms with Crippen LogP contribution in [0.25, 0.3) is 0 Å². The molecular formula is C18H25N5O. The lowest BCUT2D eigenvalue weighted by atomic mass is 9.96. The van der Waals surface area contributed by atoms with Gasteiger partial charge in [0.15, 0.2) is 0 Å². The normalized spacial score (nSPS) is 21.2. The van der Waals surface area contributed by atoms with E-state index in [9.17, 15) is 0 Å². The predicted molar refractivity (Wildman–Crippen MR) is 91.9 cm³/mol. The van der Waals surface area contributed by atoms with Crippen molar-refractivity contribution in [1.82, 2.24) is 19.7 Å². The Bertz CT molecular complexity index is 665. The Morgan fingerprint density at radius 2 is 2.17 bits per heavy atom. The van der Waals surface area contributed by atoms with Gasteiger partial charge in [0.2, 0.25) is 0 Å². The number of aromatic nitrogens is 4. The smallest absolute Gasteiger partial charge is 0.132 e. The maximum atomic E-state index is 5.52. The largest absolute Gasteiger partial charge is 0.384 e. The number of rotatable bonds is 5. The molecule has 0 N–H and O–H groups in total. The summed E-state index contributed by atoms with van der Waals surface area (Å²) in [6.45, 7) is 3.54. The van der Waals surface area contributed by atoms with E-state index in [-0.39, 0.29) is 0 Å². The second-order valence-corrected chi connectivity index (χ2v) is 6.99. The van der Waals surface area contributed by atoms with Crippen LogP contribution >= 0.6 is 0 Å². The third-order valence-electron chi connectivity index (χ3n) is 5.31. The maximum Gasteiger partial charge on any atom is 0.132 e. The van der Waals surface area contributed by atoms with Crippen molar-refractivity contribution in [3.8, 4) is 0 Å². The van der Waals surface area contributed by atoms with Crippen molar-refractivity contribution >= 4 is 5.82 Å². The second kappa shape index (κ2) is 6.89. The predicted octanol–water partition coefficient (Wildman–Crippen LogP) is 2.61. The lowest BCUT2D eigenvalue weighted by Crippen LogP contribution is -2.37. The number of ether oxygens (including phenoxy) is 1. The van der Waals surface area contributed by atoms with Crippen LogP contribution in [0, 0.1) is 5.92 Å². The van der Waals surface area contributed by atoms with Gasteiger partial charge in [0.1, 0.15) is 12.1 Å². The monoisotopic (exact) mass is 327 g/mol. The van der Waals surface area contributed by atoms with Crippen LogP contribution in [0.15, 0.2) is 24.8 Å². The molecule has 0 bridgehead atoms. The molecule has 0 spiro atoms. The Kier molecular flexibility index (Phi) is 4.47. The Hall–Kier alpha value is -1.95. The third kappa shape index (κ3) is 3.02. The highest BCUT2D eigenvalue weighted by Gasteiger charge is 2.31. The standard InChI is InChI=1S/C18H25N5O/c1-24-12-16-11-22(17-6-7-19-13-20-17)10-15-8-21-23(18(15)16)9-14-4-2-3-5-14/h6-8,13-14,16H,2-5,9-12H2,1H3/t16-/m1/s1. The minimum absolute atomic E-state index is 0.331. The molecule has 4 rings (SSSR count). The van der Waals surface area contributed by atoms with Gasteiger partial charge in [-0.3, -0.25) is 4.68 Å². The minimum Gasteiger partial charge on any atom is -0.384 e. The summed E-state index contributed by atoms with van der Waals surface area (Å²) in [7, 11) is 1.78. The van der Waals surface area contributed by atoms with Crippen molar-refractivity contribution in [2.75, 3.05) is 25.2 Å². The topological polar surface area (TPSA) is 56.1 Å². The third-order valence-corrected chi connectivity index (χ3v) is 5.31. The summed E-state index contributed by atoms with van der Waals surface area (Å²) in [6.07, 6.45) is 10.9. The fraction of sp³-hybridized carbons (Fsp3) is 0.611.